The van der Waals surface area contributed by atoms with Gasteiger partial charge >= 0.3 is 0 Å². The fourth-order valence-corrected chi connectivity index (χ4v) is 0.979. The van der Waals surface area contributed by atoms with E-state index in [0.717, 1.165) is 12.2 Å². The highest BCUT2D eigenvalue weighted by Crippen LogP contribution is 2.00. The van der Waals surface area contributed by atoms with Gasteiger partial charge in [-0.2, -0.15) is 4.98 Å². The van der Waals surface area contributed by atoms with Crippen LogP contribution in [0.25, 0.3) is 0 Å². The van der Waals surface area contributed by atoms with Gasteiger partial charge in [0.1, 0.15) is 0 Å². The minimum absolute atomic E-state index is 0.144. The molecule has 0 unspecified atom stereocenters. The number of aliphatic hydroxyl groups excluding tert-OH is 1. The minimum atomic E-state index is 0.144. The average Bonchev–Trinajstić information content (AvgIpc) is 2.52. The third kappa shape index (κ3) is 3.12. The van der Waals surface area contributed by atoms with Crippen molar-refractivity contribution in [1.29, 1.82) is 0 Å². The van der Waals surface area contributed by atoms with Gasteiger partial charge < -0.3 is 9.63 Å². The summed E-state index contributed by atoms with van der Waals surface area (Å²) >= 11 is 0. The number of hydrogen-bond donors (Lipinski definition) is 1. The second kappa shape index (κ2) is 4.94. The summed E-state index contributed by atoms with van der Waals surface area (Å²) < 4.78 is 4.99. The Bertz CT molecular complexity index is 249. The molecule has 0 saturated carbocycles. The molecule has 5 heteroatoms. The third-order valence-corrected chi connectivity index (χ3v) is 1.71. The monoisotopic (exact) mass is 185 g/mol. The zero-order valence-corrected chi connectivity index (χ0v) is 8.03. The molecule has 0 radical (unpaired) electrons. The quantitative estimate of drug-likeness (QED) is 0.702. The molecule has 5 nitrogen and oxygen atoms in total. The molecule has 0 saturated heterocycles. The number of aliphatic hydroxyl groups is 1. The lowest BCUT2D eigenvalue weighted by Gasteiger charge is -2.10. The molecule has 1 heterocycles. The Labute approximate surface area is 77.4 Å². The molecule has 1 aromatic rings. The van der Waals surface area contributed by atoms with E-state index in [1.807, 2.05) is 18.9 Å². The molecule has 74 valence electrons. The Balaban J connectivity index is 2.44. The minimum Gasteiger partial charge on any atom is -0.395 e. The van der Waals surface area contributed by atoms with Crippen molar-refractivity contribution >= 4 is 0 Å². The molecule has 0 spiro atoms. The van der Waals surface area contributed by atoms with Crippen LogP contribution in [0.4, 0.5) is 0 Å². The van der Waals surface area contributed by atoms with E-state index in [0.29, 0.717) is 19.0 Å². The zero-order valence-electron chi connectivity index (χ0n) is 8.03. The predicted octanol–water partition coefficient (Wildman–Crippen LogP) is 0.0561. The van der Waals surface area contributed by atoms with E-state index >= 15 is 0 Å². The summed E-state index contributed by atoms with van der Waals surface area (Å²) in [5, 5.41) is 12.4. The van der Waals surface area contributed by atoms with Crippen molar-refractivity contribution in [2.75, 3.05) is 20.2 Å². The first-order valence-electron chi connectivity index (χ1n) is 4.37. The number of likely N-dealkylation sites (N-methyl/N-ethyl adjacent to an activating group) is 1. The van der Waals surface area contributed by atoms with Crippen molar-refractivity contribution in [1.82, 2.24) is 15.0 Å². The number of rotatable bonds is 5. The Morgan fingerprint density at radius 3 is 2.85 bits per heavy atom. The summed E-state index contributed by atoms with van der Waals surface area (Å²) in [7, 11) is 1.89. The molecule has 13 heavy (non-hydrogen) atoms. The molecule has 0 bridgehead atoms. The van der Waals surface area contributed by atoms with Gasteiger partial charge in [0.05, 0.1) is 13.2 Å². The molecule has 1 aromatic heterocycles. The van der Waals surface area contributed by atoms with Crippen LogP contribution in [0, 0.1) is 0 Å². The van der Waals surface area contributed by atoms with Gasteiger partial charge in [0.25, 0.3) is 0 Å². The fourth-order valence-electron chi connectivity index (χ4n) is 0.979. The maximum atomic E-state index is 8.66. The lowest BCUT2D eigenvalue weighted by Crippen LogP contribution is -2.21. The van der Waals surface area contributed by atoms with Gasteiger partial charge in [-0.25, -0.2) is 0 Å². The standard InChI is InChI=1S/C8H15N3O2/c1-3-7-9-8(13-10-7)6-11(2)4-5-12/h12H,3-6H2,1-2H3. The number of hydrogen-bond acceptors (Lipinski definition) is 5. The fraction of sp³-hybridized carbons (Fsp3) is 0.750. The molecule has 0 aliphatic heterocycles. The van der Waals surface area contributed by atoms with Crippen molar-refractivity contribution in [3.05, 3.63) is 11.7 Å². The predicted molar refractivity (Wildman–Crippen MR) is 47.1 cm³/mol. The first-order valence-corrected chi connectivity index (χ1v) is 4.37. The Morgan fingerprint density at radius 2 is 2.31 bits per heavy atom. The van der Waals surface area contributed by atoms with Crippen molar-refractivity contribution in [3.8, 4) is 0 Å². The molecule has 1 N–H and O–H groups in total. The van der Waals surface area contributed by atoms with Crippen molar-refractivity contribution < 1.29 is 9.63 Å². The summed E-state index contributed by atoms with van der Waals surface area (Å²) in [5.74, 6) is 1.33. The van der Waals surface area contributed by atoms with Gasteiger partial charge in [-0.3, -0.25) is 4.90 Å². The lowest BCUT2D eigenvalue weighted by atomic mass is 10.4. The lowest BCUT2D eigenvalue weighted by molar-refractivity contribution is 0.200. The van der Waals surface area contributed by atoms with Crippen LogP contribution in [-0.2, 0) is 13.0 Å². The largest absolute Gasteiger partial charge is 0.395 e. The van der Waals surface area contributed by atoms with Gasteiger partial charge in [-0.15, -0.1) is 0 Å². The number of nitrogens with zero attached hydrogens (tertiary/aromatic N) is 3. The summed E-state index contributed by atoms with van der Waals surface area (Å²) in [5.41, 5.74) is 0. The van der Waals surface area contributed by atoms with Crippen LogP contribution in [0.3, 0.4) is 0 Å². The number of aromatic nitrogens is 2. The zero-order chi connectivity index (χ0) is 9.68. The van der Waals surface area contributed by atoms with E-state index in [2.05, 4.69) is 10.1 Å². The maximum absolute atomic E-state index is 8.66. The van der Waals surface area contributed by atoms with Gasteiger partial charge in [0, 0.05) is 13.0 Å². The Morgan fingerprint density at radius 1 is 1.54 bits per heavy atom. The molecule has 1 rings (SSSR count). The van der Waals surface area contributed by atoms with E-state index in [4.69, 9.17) is 9.63 Å². The van der Waals surface area contributed by atoms with E-state index < -0.39 is 0 Å². The van der Waals surface area contributed by atoms with E-state index in [9.17, 15) is 0 Å². The molecule has 0 aliphatic rings. The van der Waals surface area contributed by atoms with Crippen molar-refractivity contribution in [3.63, 3.8) is 0 Å². The molecule has 0 atom stereocenters. The second-order valence-corrected chi connectivity index (χ2v) is 2.92. The highest BCUT2D eigenvalue weighted by atomic mass is 16.5. The average molecular weight is 185 g/mol. The first-order chi connectivity index (χ1) is 6.26. The van der Waals surface area contributed by atoms with Crippen LogP contribution in [-0.4, -0.2) is 40.3 Å². The summed E-state index contributed by atoms with van der Waals surface area (Å²) in [6.45, 7) is 3.33. The Kier molecular flexibility index (Phi) is 3.85. The molecule has 0 fully saturated rings. The van der Waals surface area contributed by atoms with Gasteiger partial charge in [0.15, 0.2) is 5.82 Å². The highest BCUT2D eigenvalue weighted by Gasteiger charge is 2.06. The summed E-state index contributed by atoms with van der Waals surface area (Å²) in [6, 6.07) is 0. The third-order valence-electron chi connectivity index (χ3n) is 1.71. The normalized spacial score (nSPS) is 11.1. The molecular formula is C8H15N3O2. The van der Waals surface area contributed by atoms with Gasteiger partial charge in [-0.1, -0.05) is 12.1 Å². The maximum Gasteiger partial charge on any atom is 0.240 e. The van der Waals surface area contributed by atoms with E-state index in [1.165, 1.54) is 0 Å². The highest BCUT2D eigenvalue weighted by molar-refractivity contribution is 4.85. The Hall–Kier alpha value is -0.940. The molecule has 0 amide bonds. The SMILES string of the molecule is CCc1noc(CN(C)CCO)n1. The van der Waals surface area contributed by atoms with Crippen LogP contribution in [0.1, 0.15) is 18.6 Å². The molecule has 0 aromatic carbocycles. The van der Waals surface area contributed by atoms with Crippen LogP contribution in [0.15, 0.2) is 4.52 Å². The number of aryl methyl sites for hydroxylation is 1. The van der Waals surface area contributed by atoms with Crippen molar-refractivity contribution in [2.24, 2.45) is 0 Å². The van der Waals surface area contributed by atoms with Gasteiger partial charge in [0.2, 0.25) is 5.89 Å². The second-order valence-electron chi connectivity index (χ2n) is 2.92. The molecular weight excluding hydrogens is 170 g/mol. The van der Waals surface area contributed by atoms with Crippen LogP contribution >= 0.6 is 0 Å². The van der Waals surface area contributed by atoms with Gasteiger partial charge in [-0.05, 0) is 7.05 Å². The summed E-state index contributed by atoms with van der Waals surface area (Å²) in [6.07, 6.45) is 0.785. The summed E-state index contributed by atoms with van der Waals surface area (Å²) in [4.78, 5) is 6.07. The smallest absolute Gasteiger partial charge is 0.240 e. The topological polar surface area (TPSA) is 62.4 Å². The van der Waals surface area contributed by atoms with Crippen molar-refractivity contribution in [2.45, 2.75) is 19.9 Å². The van der Waals surface area contributed by atoms with E-state index in [1.54, 1.807) is 0 Å². The van der Waals surface area contributed by atoms with Crippen LogP contribution < -0.4 is 0 Å². The van der Waals surface area contributed by atoms with E-state index in [-0.39, 0.29) is 6.61 Å². The first kappa shape index (κ1) is 10.1. The van der Waals surface area contributed by atoms with Crippen LogP contribution in [0.2, 0.25) is 0 Å². The van der Waals surface area contributed by atoms with Crippen LogP contribution in [0.5, 0.6) is 0 Å². The molecule has 0 aliphatic carbocycles.